The molecule has 0 radical (unpaired) electrons. The highest BCUT2D eigenvalue weighted by atomic mass is 19.1. The first-order chi connectivity index (χ1) is 8.19. The zero-order chi connectivity index (χ0) is 12.3. The van der Waals surface area contributed by atoms with Gasteiger partial charge in [-0.05, 0) is 42.4 Å². The zero-order valence-electron chi connectivity index (χ0n) is 10.2. The van der Waals surface area contributed by atoms with Gasteiger partial charge >= 0.3 is 0 Å². The van der Waals surface area contributed by atoms with E-state index in [4.69, 9.17) is 5.11 Å². The summed E-state index contributed by atoms with van der Waals surface area (Å²) in [7, 11) is 0. The molecule has 2 nitrogen and oxygen atoms in total. The number of nitrogens with one attached hydrogen (secondary N) is 1. The minimum Gasteiger partial charge on any atom is -0.396 e. The summed E-state index contributed by atoms with van der Waals surface area (Å²) in [4.78, 5) is 0. The highest BCUT2D eigenvalue weighted by Gasteiger charge is 2.29. The fraction of sp³-hybridized carbons (Fsp3) is 0.571. The third-order valence-corrected chi connectivity index (χ3v) is 3.55. The predicted octanol–water partition coefficient (Wildman–Crippen LogP) is 2.29. The van der Waals surface area contributed by atoms with Gasteiger partial charge in [-0.2, -0.15) is 0 Å². The lowest BCUT2D eigenvalue weighted by Gasteiger charge is -2.37. The number of hydrogen-bond acceptors (Lipinski definition) is 2. The number of rotatable bonds is 5. The van der Waals surface area contributed by atoms with Crippen LogP contribution in [0.15, 0.2) is 24.3 Å². The zero-order valence-corrected chi connectivity index (χ0v) is 10.2. The molecule has 0 heterocycles. The van der Waals surface area contributed by atoms with Gasteiger partial charge in [0.05, 0.1) is 0 Å². The molecule has 1 saturated carbocycles. The molecule has 1 aliphatic carbocycles. The van der Waals surface area contributed by atoms with Crippen molar-refractivity contribution in [3.05, 3.63) is 35.6 Å². The van der Waals surface area contributed by atoms with Crippen LogP contribution in [0.2, 0.25) is 0 Å². The van der Waals surface area contributed by atoms with Crippen LogP contribution >= 0.6 is 0 Å². The smallest absolute Gasteiger partial charge is 0.123 e. The normalized spacial score (nSPS) is 25.4. The molecule has 1 fully saturated rings. The Morgan fingerprint density at radius 3 is 2.59 bits per heavy atom. The lowest BCUT2D eigenvalue weighted by Crippen LogP contribution is -2.42. The molecule has 0 amide bonds. The largest absolute Gasteiger partial charge is 0.396 e. The van der Waals surface area contributed by atoms with Crippen molar-refractivity contribution >= 4 is 0 Å². The summed E-state index contributed by atoms with van der Waals surface area (Å²) in [5.74, 6) is 0.719. The predicted molar refractivity (Wildman–Crippen MR) is 66.4 cm³/mol. The van der Waals surface area contributed by atoms with Crippen LogP contribution in [-0.4, -0.2) is 24.3 Å². The Bertz CT molecular complexity index is 346. The van der Waals surface area contributed by atoms with Crippen LogP contribution in [0.4, 0.5) is 4.39 Å². The van der Waals surface area contributed by atoms with E-state index < -0.39 is 0 Å². The van der Waals surface area contributed by atoms with Crippen LogP contribution in [0.1, 0.15) is 31.2 Å². The number of aliphatic hydroxyl groups excluding tert-OH is 1. The summed E-state index contributed by atoms with van der Waals surface area (Å²) in [6, 6.07) is 7.38. The van der Waals surface area contributed by atoms with Gasteiger partial charge in [-0.25, -0.2) is 4.39 Å². The van der Waals surface area contributed by atoms with Gasteiger partial charge in [0.1, 0.15) is 5.82 Å². The number of hydrogen-bond donors (Lipinski definition) is 2. The van der Waals surface area contributed by atoms with Crippen LogP contribution in [0.5, 0.6) is 0 Å². The molecule has 3 heteroatoms. The summed E-state index contributed by atoms with van der Waals surface area (Å²) >= 11 is 0. The van der Waals surface area contributed by atoms with Gasteiger partial charge in [0.25, 0.3) is 0 Å². The molecule has 0 saturated heterocycles. The van der Waals surface area contributed by atoms with E-state index >= 15 is 0 Å². The third kappa shape index (κ3) is 3.27. The standard InChI is InChI=1S/C14H20FNO/c1-10(9-17)8-16-14-6-12(7-14)11-2-4-13(15)5-3-11/h2-5,10,12,14,16-17H,6-9H2,1H3. The van der Waals surface area contributed by atoms with E-state index in [2.05, 4.69) is 5.32 Å². The summed E-state index contributed by atoms with van der Waals surface area (Å²) in [5, 5.41) is 12.4. The van der Waals surface area contributed by atoms with E-state index in [-0.39, 0.29) is 12.4 Å². The molecule has 1 aromatic rings. The summed E-state index contributed by atoms with van der Waals surface area (Å²) in [5.41, 5.74) is 1.24. The summed E-state index contributed by atoms with van der Waals surface area (Å²) in [6.45, 7) is 3.14. The van der Waals surface area contributed by atoms with Crippen molar-refractivity contribution in [2.45, 2.75) is 31.7 Å². The Balaban J connectivity index is 1.73. The molecule has 2 N–H and O–H groups in total. The Hall–Kier alpha value is -0.930. The maximum atomic E-state index is 12.8. The van der Waals surface area contributed by atoms with Crippen molar-refractivity contribution < 1.29 is 9.50 Å². The molecule has 1 aromatic carbocycles. The Labute approximate surface area is 102 Å². The number of halogens is 1. The van der Waals surface area contributed by atoms with E-state index in [1.807, 2.05) is 19.1 Å². The number of aliphatic hydroxyl groups is 1. The van der Waals surface area contributed by atoms with Crippen LogP contribution in [0.3, 0.4) is 0 Å². The van der Waals surface area contributed by atoms with Gasteiger partial charge in [-0.15, -0.1) is 0 Å². The van der Waals surface area contributed by atoms with Gasteiger partial charge in [0, 0.05) is 19.2 Å². The molecule has 94 valence electrons. The van der Waals surface area contributed by atoms with E-state index in [9.17, 15) is 4.39 Å². The topological polar surface area (TPSA) is 32.3 Å². The van der Waals surface area contributed by atoms with Crippen molar-refractivity contribution in [2.75, 3.05) is 13.2 Å². The Morgan fingerprint density at radius 2 is 2.00 bits per heavy atom. The van der Waals surface area contributed by atoms with Crippen LogP contribution in [0, 0.1) is 11.7 Å². The fourth-order valence-corrected chi connectivity index (χ4v) is 2.22. The van der Waals surface area contributed by atoms with E-state index in [1.54, 1.807) is 0 Å². The average Bonchev–Trinajstić information content (AvgIpc) is 2.29. The summed E-state index contributed by atoms with van der Waals surface area (Å²) < 4.78 is 12.8. The van der Waals surface area contributed by atoms with E-state index in [0.29, 0.717) is 17.9 Å². The van der Waals surface area contributed by atoms with Gasteiger partial charge < -0.3 is 10.4 Å². The van der Waals surface area contributed by atoms with Gasteiger partial charge in [0.2, 0.25) is 0 Å². The SMILES string of the molecule is CC(CO)CNC1CC(c2ccc(F)cc2)C1. The third-order valence-electron chi connectivity index (χ3n) is 3.55. The first kappa shape index (κ1) is 12.5. The Kier molecular flexibility index (Phi) is 4.13. The fourth-order valence-electron chi connectivity index (χ4n) is 2.22. The highest BCUT2D eigenvalue weighted by Crippen LogP contribution is 2.36. The second-order valence-electron chi connectivity index (χ2n) is 5.11. The molecule has 2 rings (SSSR count). The lowest BCUT2D eigenvalue weighted by atomic mass is 9.76. The van der Waals surface area contributed by atoms with E-state index in [1.165, 1.54) is 17.7 Å². The molecule has 0 aliphatic heterocycles. The van der Waals surface area contributed by atoms with Gasteiger partial charge in [0.15, 0.2) is 0 Å². The van der Waals surface area contributed by atoms with Crippen molar-refractivity contribution in [1.29, 1.82) is 0 Å². The molecule has 1 unspecified atom stereocenters. The molecule has 0 bridgehead atoms. The van der Waals surface area contributed by atoms with Gasteiger partial charge in [-0.1, -0.05) is 19.1 Å². The number of benzene rings is 1. The molecule has 0 aromatic heterocycles. The van der Waals surface area contributed by atoms with Crippen molar-refractivity contribution in [2.24, 2.45) is 5.92 Å². The van der Waals surface area contributed by atoms with Crippen LogP contribution in [0.25, 0.3) is 0 Å². The first-order valence-electron chi connectivity index (χ1n) is 6.28. The van der Waals surface area contributed by atoms with Crippen LogP contribution < -0.4 is 5.32 Å². The molecule has 17 heavy (non-hydrogen) atoms. The molecule has 1 atom stereocenters. The Morgan fingerprint density at radius 1 is 1.35 bits per heavy atom. The van der Waals surface area contributed by atoms with Crippen molar-refractivity contribution in [1.82, 2.24) is 5.32 Å². The highest BCUT2D eigenvalue weighted by molar-refractivity contribution is 5.23. The van der Waals surface area contributed by atoms with Crippen LogP contribution in [-0.2, 0) is 0 Å². The van der Waals surface area contributed by atoms with E-state index in [0.717, 1.165) is 19.4 Å². The average molecular weight is 237 g/mol. The van der Waals surface area contributed by atoms with Gasteiger partial charge in [-0.3, -0.25) is 0 Å². The quantitative estimate of drug-likeness (QED) is 0.823. The minimum atomic E-state index is -0.167. The molecular weight excluding hydrogens is 217 g/mol. The first-order valence-corrected chi connectivity index (χ1v) is 6.28. The monoisotopic (exact) mass is 237 g/mol. The summed E-state index contributed by atoms with van der Waals surface area (Å²) in [6.07, 6.45) is 2.23. The second-order valence-corrected chi connectivity index (χ2v) is 5.11. The molecular formula is C14H20FNO. The van der Waals surface area contributed by atoms with Crippen molar-refractivity contribution in [3.63, 3.8) is 0 Å². The maximum absolute atomic E-state index is 12.8. The van der Waals surface area contributed by atoms with Crippen molar-refractivity contribution in [3.8, 4) is 0 Å². The molecule has 0 spiro atoms. The lowest BCUT2D eigenvalue weighted by molar-refractivity contribution is 0.213. The minimum absolute atomic E-state index is 0.167. The second kappa shape index (κ2) is 5.61. The molecule has 1 aliphatic rings. The maximum Gasteiger partial charge on any atom is 0.123 e.